The van der Waals surface area contributed by atoms with E-state index in [9.17, 15) is 9.59 Å². The van der Waals surface area contributed by atoms with E-state index in [1.807, 2.05) is 44.3 Å². The maximum Gasteiger partial charge on any atom is 0.252 e. The minimum Gasteiger partial charge on any atom is -0.497 e. The molecule has 0 saturated heterocycles. The molecule has 0 fully saturated rings. The molecule has 2 aromatic rings. The molecule has 0 aliphatic carbocycles. The van der Waals surface area contributed by atoms with E-state index in [0.29, 0.717) is 23.5 Å². The van der Waals surface area contributed by atoms with E-state index >= 15 is 0 Å². The van der Waals surface area contributed by atoms with Crippen LogP contribution in [0.2, 0.25) is 0 Å². The highest BCUT2D eigenvalue weighted by Gasteiger charge is 2.13. The fraction of sp³-hybridized carbons (Fsp3) is 0.300. The van der Waals surface area contributed by atoms with Gasteiger partial charge in [0.25, 0.3) is 5.91 Å². The molecule has 0 aliphatic rings. The lowest BCUT2D eigenvalue weighted by Crippen LogP contribution is -2.37. The second kappa shape index (κ2) is 10.6. The van der Waals surface area contributed by atoms with Gasteiger partial charge < -0.3 is 20.7 Å². The van der Waals surface area contributed by atoms with Crippen LogP contribution in [0, 0.1) is 0 Å². The summed E-state index contributed by atoms with van der Waals surface area (Å²) >= 11 is 1.33. The zero-order valence-electron chi connectivity index (χ0n) is 15.7. The van der Waals surface area contributed by atoms with Crippen molar-refractivity contribution in [3.63, 3.8) is 0 Å². The lowest BCUT2D eigenvalue weighted by atomic mass is 10.2. The van der Waals surface area contributed by atoms with E-state index < -0.39 is 0 Å². The van der Waals surface area contributed by atoms with Gasteiger partial charge in [-0.15, -0.1) is 11.8 Å². The topological polar surface area (TPSA) is 79.5 Å². The van der Waals surface area contributed by atoms with Crippen LogP contribution in [-0.4, -0.2) is 44.3 Å². The highest BCUT2D eigenvalue weighted by Crippen LogP contribution is 2.23. The van der Waals surface area contributed by atoms with Crippen LogP contribution >= 0.6 is 11.8 Å². The average Bonchev–Trinajstić information content (AvgIpc) is 2.70. The maximum absolute atomic E-state index is 12.4. The number of methoxy groups -OCH3 is 1. The first-order valence-corrected chi connectivity index (χ1v) is 9.63. The van der Waals surface area contributed by atoms with Gasteiger partial charge in [-0.2, -0.15) is 0 Å². The van der Waals surface area contributed by atoms with Crippen LogP contribution in [0.4, 0.5) is 5.69 Å². The van der Waals surface area contributed by atoms with E-state index in [0.717, 1.165) is 4.90 Å². The molecular weight excluding hydrogens is 362 g/mol. The molecule has 0 aliphatic heterocycles. The summed E-state index contributed by atoms with van der Waals surface area (Å²) in [5.74, 6) is 0.591. The Balaban J connectivity index is 1.95. The van der Waals surface area contributed by atoms with Crippen LogP contribution < -0.4 is 20.7 Å². The number of hydrogen-bond acceptors (Lipinski definition) is 5. The first-order chi connectivity index (χ1) is 13.0. The van der Waals surface area contributed by atoms with E-state index in [1.165, 1.54) is 11.8 Å². The standard InChI is InChI=1S/C20H25N3O3S/c1-14(21-2)12-22-20(25)17-9-4-5-10-18(17)27-13-19(24)23-15-7-6-8-16(11-15)26-3/h4-11,14,21H,12-13H2,1-3H3,(H,22,25)(H,23,24). The maximum atomic E-state index is 12.4. The highest BCUT2D eigenvalue weighted by atomic mass is 32.2. The number of rotatable bonds is 9. The van der Waals surface area contributed by atoms with Gasteiger partial charge in [-0.3, -0.25) is 9.59 Å². The number of benzene rings is 2. The van der Waals surface area contributed by atoms with Crippen molar-refractivity contribution in [2.24, 2.45) is 0 Å². The van der Waals surface area contributed by atoms with Crippen molar-refractivity contribution < 1.29 is 14.3 Å². The zero-order chi connectivity index (χ0) is 19.6. The van der Waals surface area contributed by atoms with Crippen LogP contribution in [0.25, 0.3) is 0 Å². The van der Waals surface area contributed by atoms with Crippen molar-refractivity contribution in [1.29, 1.82) is 0 Å². The monoisotopic (exact) mass is 387 g/mol. The summed E-state index contributed by atoms with van der Waals surface area (Å²) in [4.78, 5) is 25.4. The predicted molar refractivity (Wildman–Crippen MR) is 110 cm³/mol. The smallest absolute Gasteiger partial charge is 0.252 e. The Bertz CT molecular complexity index is 783. The van der Waals surface area contributed by atoms with Crippen molar-refractivity contribution in [1.82, 2.24) is 10.6 Å². The van der Waals surface area contributed by atoms with Gasteiger partial charge >= 0.3 is 0 Å². The quantitative estimate of drug-likeness (QED) is 0.577. The molecule has 2 rings (SSSR count). The van der Waals surface area contributed by atoms with E-state index in [1.54, 1.807) is 25.3 Å². The number of anilines is 1. The Labute approximate surface area is 164 Å². The fourth-order valence-corrected chi connectivity index (χ4v) is 3.11. The van der Waals surface area contributed by atoms with Gasteiger partial charge in [0.2, 0.25) is 5.91 Å². The second-order valence-electron chi connectivity index (χ2n) is 5.96. The van der Waals surface area contributed by atoms with Gasteiger partial charge in [0.15, 0.2) is 0 Å². The molecule has 1 atom stereocenters. The molecule has 0 spiro atoms. The molecule has 0 aromatic heterocycles. The Morgan fingerprint density at radius 3 is 2.67 bits per heavy atom. The molecule has 6 nitrogen and oxygen atoms in total. The molecule has 0 heterocycles. The third-order valence-electron chi connectivity index (χ3n) is 3.91. The highest BCUT2D eigenvalue weighted by molar-refractivity contribution is 8.00. The number of carbonyl (C=O) groups excluding carboxylic acids is 2. The minimum atomic E-state index is -0.146. The van der Waals surface area contributed by atoms with Crippen molar-refractivity contribution in [2.75, 3.05) is 31.8 Å². The zero-order valence-corrected chi connectivity index (χ0v) is 16.6. The third-order valence-corrected chi connectivity index (χ3v) is 4.98. The number of amides is 2. The molecule has 144 valence electrons. The van der Waals surface area contributed by atoms with E-state index in [4.69, 9.17) is 4.74 Å². The summed E-state index contributed by atoms with van der Waals surface area (Å²) in [6.45, 7) is 2.52. The number of ether oxygens (including phenoxy) is 1. The Morgan fingerprint density at radius 1 is 1.15 bits per heavy atom. The van der Waals surface area contributed by atoms with Crippen LogP contribution in [0.3, 0.4) is 0 Å². The Hall–Kier alpha value is -2.51. The van der Waals surface area contributed by atoms with Crippen molar-refractivity contribution in [2.45, 2.75) is 17.9 Å². The number of hydrogen-bond donors (Lipinski definition) is 3. The van der Waals surface area contributed by atoms with Gasteiger partial charge in [0, 0.05) is 29.2 Å². The van der Waals surface area contributed by atoms with Gasteiger partial charge in [-0.1, -0.05) is 18.2 Å². The van der Waals surface area contributed by atoms with Crippen LogP contribution in [-0.2, 0) is 4.79 Å². The SMILES string of the molecule is CNC(C)CNC(=O)c1ccccc1SCC(=O)Nc1cccc(OC)c1. The first-order valence-electron chi connectivity index (χ1n) is 8.64. The van der Waals surface area contributed by atoms with Gasteiger partial charge in [-0.05, 0) is 38.2 Å². The van der Waals surface area contributed by atoms with Crippen molar-refractivity contribution in [3.05, 3.63) is 54.1 Å². The Kier molecular flexibility index (Phi) is 8.16. The lowest BCUT2D eigenvalue weighted by molar-refractivity contribution is -0.113. The predicted octanol–water partition coefficient (Wildman–Crippen LogP) is 2.76. The average molecular weight is 388 g/mol. The van der Waals surface area contributed by atoms with Gasteiger partial charge in [-0.25, -0.2) is 0 Å². The molecular formula is C20H25N3O3S. The molecule has 7 heteroatoms. The number of likely N-dealkylation sites (N-methyl/N-ethyl adjacent to an activating group) is 1. The molecule has 3 N–H and O–H groups in total. The first kappa shape index (κ1) is 20.8. The second-order valence-corrected chi connectivity index (χ2v) is 6.98. The molecule has 0 bridgehead atoms. The molecule has 2 amide bonds. The van der Waals surface area contributed by atoms with Gasteiger partial charge in [0.1, 0.15) is 5.75 Å². The van der Waals surface area contributed by atoms with Crippen LogP contribution in [0.5, 0.6) is 5.75 Å². The summed E-state index contributed by atoms with van der Waals surface area (Å²) < 4.78 is 5.15. The van der Waals surface area contributed by atoms with Gasteiger partial charge in [0.05, 0.1) is 18.4 Å². The lowest BCUT2D eigenvalue weighted by Gasteiger charge is -2.13. The fourth-order valence-electron chi connectivity index (χ4n) is 2.26. The number of carbonyl (C=O) groups is 2. The molecule has 0 saturated carbocycles. The van der Waals surface area contributed by atoms with E-state index in [2.05, 4.69) is 16.0 Å². The van der Waals surface area contributed by atoms with Crippen molar-refractivity contribution >= 4 is 29.3 Å². The largest absolute Gasteiger partial charge is 0.497 e. The third kappa shape index (κ3) is 6.62. The molecule has 0 radical (unpaired) electrons. The summed E-state index contributed by atoms with van der Waals surface area (Å²) in [5.41, 5.74) is 1.24. The Morgan fingerprint density at radius 2 is 1.93 bits per heavy atom. The summed E-state index contributed by atoms with van der Waals surface area (Å²) in [6.07, 6.45) is 0. The van der Waals surface area contributed by atoms with Crippen LogP contribution in [0.1, 0.15) is 17.3 Å². The van der Waals surface area contributed by atoms with Crippen LogP contribution in [0.15, 0.2) is 53.4 Å². The summed E-state index contributed by atoms with van der Waals surface area (Å²) in [5, 5.41) is 8.81. The molecule has 27 heavy (non-hydrogen) atoms. The van der Waals surface area contributed by atoms with E-state index in [-0.39, 0.29) is 23.6 Å². The minimum absolute atomic E-state index is 0.145. The molecule has 2 aromatic carbocycles. The van der Waals surface area contributed by atoms with Crippen molar-refractivity contribution in [3.8, 4) is 5.75 Å². The molecule has 1 unspecified atom stereocenters. The summed E-state index contributed by atoms with van der Waals surface area (Å²) in [7, 11) is 3.43. The summed E-state index contributed by atoms with van der Waals surface area (Å²) in [6, 6.07) is 14.7. The normalized spacial score (nSPS) is 11.5. The number of nitrogens with one attached hydrogen (secondary N) is 3. The number of thioether (sulfide) groups is 1.